The molecule has 0 bridgehead atoms. The van der Waals surface area contributed by atoms with Crippen LogP contribution in [0.4, 0.5) is 0 Å². The van der Waals surface area contributed by atoms with Gasteiger partial charge in [-0.15, -0.1) is 0 Å². The Morgan fingerprint density at radius 1 is 0.889 bits per heavy atom. The van der Waals surface area contributed by atoms with Crippen LogP contribution in [0, 0.1) is 11.8 Å². The third kappa shape index (κ3) is 7.30. The van der Waals surface area contributed by atoms with Crippen molar-refractivity contribution in [2.45, 2.75) is 65.2 Å². The van der Waals surface area contributed by atoms with Gasteiger partial charge in [0.05, 0.1) is 0 Å². The zero-order chi connectivity index (χ0) is 14.0. The molecule has 4 nitrogen and oxygen atoms in total. The van der Waals surface area contributed by atoms with E-state index in [0.29, 0.717) is 6.42 Å². The van der Waals surface area contributed by atoms with Gasteiger partial charge in [-0.2, -0.15) is 0 Å². The summed E-state index contributed by atoms with van der Waals surface area (Å²) in [6.07, 6.45) is 8.83. The molecule has 0 saturated heterocycles. The number of carbonyl (C=O) groups is 2. The lowest BCUT2D eigenvalue weighted by molar-refractivity contribution is -0.157. The van der Waals surface area contributed by atoms with Crippen molar-refractivity contribution in [1.29, 1.82) is 0 Å². The molecule has 0 fully saturated rings. The van der Waals surface area contributed by atoms with Crippen molar-refractivity contribution < 1.29 is 19.8 Å². The summed E-state index contributed by atoms with van der Waals surface area (Å²) in [5.74, 6) is -4.00. The second-order valence-corrected chi connectivity index (χ2v) is 5.04. The first-order valence-electron chi connectivity index (χ1n) is 6.96. The van der Waals surface area contributed by atoms with E-state index in [1.807, 2.05) is 0 Å². The van der Waals surface area contributed by atoms with Crippen molar-refractivity contribution in [1.82, 2.24) is 0 Å². The standard InChI is InChI=1S/C14H26O4/c1-3-4-5-6-7-8-9-10-11(2)12(13(15)16)14(17)18/h11-12H,3-10H2,1-2H3,(H,15,16)(H,17,18). The highest BCUT2D eigenvalue weighted by Gasteiger charge is 2.31. The third-order valence-corrected chi connectivity index (χ3v) is 3.36. The summed E-state index contributed by atoms with van der Waals surface area (Å²) in [6.45, 7) is 3.89. The highest BCUT2D eigenvalue weighted by Crippen LogP contribution is 2.20. The van der Waals surface area contributed by atoms with E-state index >= 15 is 0 Å². The van der Waals surface area contributed by atoms with E-state index in [2.05, 4.69) is 6.92 Å². The minimum absolute atomic E-state index is 0.296. The molecule has 0 aromatic rings. The Kier molecular flexibility index (Phi) is 9.33. The summed E-state index contributed by atoms with van der Waals surface area (Å²) in [6, 6.07) is 0. The molecule has 1 unspecified atom stereocenters. The summed E-state index contributed by atoms with van der Waals surface area (Å²) in [7, 11) is 0. The second kappa shape index (κ2) is 9.92. The van der Waals surface area contributed by atoms with Gasteiger partial charge in [-0.3, -0.25) is 9.59 Å². The molecule has 0 radical (unpaired) electrons. The van der Waals surface area contributed by atoms with Gasteiger partial charge in [-0.05, 0) is 12.3 Å². The molecule has 0 spiro atoms. The van der Waals surface area contributed by atoms with Crippen molar-refractivity contribution in [2.24, 2.45) is 11.8 Å². The molecule has 0 heterocycles. The van der Waals surface area contributed by atoms with Crippen molar-refractivity contribution in [2.75, 3.05) is 0 Å². The molecule has 2 N–H and O–H groups in total. The quantitative estimate of drug-likeness (QED) is 0.439. The van der Waals surface area contributed by atoms with E-state index in [1.165, 1.54) is 25.7 Å². The van der Waals surface area contributed by atoms with Crippen molar-refractivity contribution in [3.63, 3.8) is 0 Å². The third-order valence-electron chi connectivity index (χ3n) is 3.36. The Labute approximate surface area is 109 Å². The molecule has 0 aliphatic rings. The Hall–Kier alpha value is -1.06. The lowest BCUT2D eigenvalue weighted by Gasteiger charge is -2.15. The predicted octanol–water partition coefficient (Wildman–Crippen LogP) is 3.55. The maximum atomic E-state index is 10.8. The van der Waals surface area contributed by atoms with Gasteiger partial charge in [0.15, 0.2) is 5.92 Å². The monoisotopic (exact) mass is 258 g/mol. The fraction of sp³-hybridized carbons (Fsp3) is 0.857. The molecule has 0 aliphatic heterocycles. The van der Waals surface area contributed by atoms with E-state index in [0.717, 1.165) is 19.3 Å². The molecule has 0 rings (SSSR count). The predicted molar refractivity (Wildman–Crippen MR) is 70.5 cm³/mol. The Balaban J connectivity index is 3.71. The van der Waals surface area contributed by atoms with Crippen LogP contribution >= 0.6 is 0 Å². The van der Waals surface area contributed by atoms with Crippen LogP contribution in [-0.4, -0.2) is 22.2 Å². The summed E-state index contributed by atoms with van der Waals surface area (Å²) < 4.78 is 0. The molecule has 106 valence electrons. The van der Waals surface area contributed by atoms with Crippen LogP contribution in [0.3, 0.4) is 0 Å². The SMILES string of the molecule is CCCCCCCCCC(C)C(C(=O)O)C(=O)O. The largest absolute Gasteiger partial charge is 0.481 e. The molecule has 0 aromatic heterocycles. The lowest BCUT2D eigenvalue weighted by Crippen LogP contribution is -2.29. The van der Waals surface area contributed by atoms with Gasteiger partial charge in [0.25, 0.3) is 0 Å². The fourth-order valence-electron chi connectivity index (χ4n) is 2.18. The zero-order valence-electron chi connectivity index (χ0n) is 11.5. The maximum Gasteiger partial charge on any atom is 0.318 e. The Bertz CT molecular complexity index is 236. The summed E-state index contributed by atoms with van der Waals surface area (Å²) >= 11 is 0. The van der Waals surface area contributed by atoms with E-state index in [-0.39, 0.29) is 5.92 Å². The molecule has 18 heavy (non-hydrogen) atoms. The average molecular weight is 258 g/mol. The molecule has 0 saturated carbocycles. The topological polar surface area (TPSA) is 74.6 Å². The molecular weight excluding hydrogens is 232 g/mol. The van der Waals surface area contributed by atoms with Crippen LogP contribution < -0.4 is 0 Å². The van der Waals surface area contributed by atoms with Crippen LogP contribution in [-0.2, 0) is 9.59 Å². The summed E-state index contributed by atoms with van der Waals surface area (Å²) in [5.41, 5.74) is 0. The number of rotatable bonds is 11. The van der Waals surface area contributed by atoms with Crippen molar-refractivity contribution in [3.8, 4) is 0 Å². The van der Waals surface area contributed by atoms with E-state index < -0.39 is 17.9 Å². The smallest absolute Gasteiger partial charge is 0.318 e. The first-order chi connectivity index (χ1) is 8.50. The average Bonchev–Trinajstić information content (AvgIpc) is 2.26. The molecule has 4 heteroatoms. The number of carboxylic acid groups (broad SMARTS) is 2. The first kappa shape index (κ1) is 16.9. The van der Waals surface area contributed by atoms with Gasteiger partial charge in [0.1, 0.15) is 0 Å². The van der Waals surface area contributed by atoms with Gasteiger partial charge >= 0.3 is 11.9 Å². The number of carboxylic acids is 2. The second-order valence-electron chi connectivity index (χ2n) is 5.04. The van der Waals surface area contributed by atoms with Crippen molar-refractivity contribution in [3.05, 3.63) is 0 Å². The highest BCUT2D eigenvalue weighted by atomic mass is 16.4. The van der Waals surface area contributed by atoms with Gasteiger partial charge in [-0.1, -0.05) is 58.8 Å². The Morgan fingerprint density at radius 2 is 1.33 bits per heavy atom. The van der Waals surface area contributed by atoms with Gasteiger partial charge in [0.2, 0.25) is 0 Å². The highest BCUT2D eigenvalue weighted by molar-refractivity contribution is 5.93. The van der Waals surface area contributed by atoms with Crippen LogP contribution in [0.2, 0.25) is 0 Å². The normalized spacial score (nSPS) is 12.6. The lowest BCUT2D eigenvalue weighted by atomic mass is 9.89. The molecule has 0 aromatic carbocycles. The summed E-state index contributed by atoms with van der Waals surface area (Å²) in [4.78, 5) is 21.6. The number of hydrogen-bond acceptors (Lipinski definition) is 2. The van der Waals surface area contributed by atoms with Gasteiger partial charge < -0.3 is 10.2 Å². The van der Waals surface area contributed by atoms with Crippen LogP contribution in [0.1, 0.15) is 65.2 Å². The number of aliphatic carboxylic acids is 2. The Morgan fingerprint density at radius 3 is 1.78 bits per heavy atom. The number of unbranched alkanes of at least 4 members (excludes halogenated alkanes) is 6. The summed E-state index contributed by atoms with van der Waals surface area (Å²) in [5, 5.41) is 17.7. The first-order valence-corrected chi connectivity index (χ1v) is 6.96. The molecular formula is C14H26O4. The zero-order valence-corrected chi connectivity index (χ0v) is 11.5. The van der Waals surface area contributed by atoms with E-state index in [4.69, 9.17) is 10.2 Å². The van der Waals surface area contributed by atoms with Crippen LogP contribution in [0.5, 0.6) is 0 Å². The molecule has 0 aliphatic carbocycles. The minimum atomic E-state index is -1.26. The van der Waals surface area contributed by atoms with Crippen molar-refractivity contribution >= 4 is 11.9 Å². The molecule has 0 amide bonds. The molecule has 1 atom stereocenters. The van der Waals surface area contributed by atoms with Gasteiger partial charge in [-0.25, -0.2) is 0 Å². The van der Waals surface area contributed by atoms with Gasteiger partial charge in [0, 0.05) is 0 Å². The van der Waals surface area contributed by atoms with E-state index in [9.17, 15) is 9.59 Å². The van der Waals surface area contributed by atoms with E-state index in [1.54, 1.807) is 6.92 Å². The number of hydrogen-bond donors (Lipinski definition) is 2. The minimum Gasteiger partial charge on any atom is -0.481 e. The van der Waals surface area contributed by atoms with Crippen LogP contribution in [0.15, 0.2) is 0 Å². The maximum absolute atomic E-state index is 10.8. The fourth-order valence-corrected chi connectivity index (χ4v) is 2.18. The van der Waals surface area contributed by atoms with Crippen LogP contribution in [0.25, 0.3) is 0 Å².